The van der Waals surface area contributed by atoms with Crippen molar-refractivity contribution >= 4 is 5.97 Å². The molecular formula is C37H65NO11. The third-order valence-corrected chi connectivity index (χ3v) is 11.9. The van der Waals surface area contributed by atoms with E-state index in [0.29, 0.717) is 25.0 Å². The number of likely N-dealkylation sites (N-methyl/N-ethyl adjacent to an activating group) is 1. The molecule has 0 aromatic carbocycles. The number of nitrogens with zero attached hydrogens (tertiary/aromatic N) is 1. The van der Waals surface area contributed by atoms with Crippen LogP contribution in [0.3, 0.4) is 0 Å². The van der Waals surface area contributed by atoms with Crippen LogP contribution in [0.4, 0.5) is 0 Å². The molecule has 2 bridgehead atoms. The van der Waals surface area contributed by atoms with Gasteiger partial charge in [-0.15, -0.1) is 0 Å². The van der Waals surface area contributed by atoms with Crippen molar-refractivity contribution in [3.05, 3.63) is 11.3 Å². The van der Waals surface area contributed by atoms with Crippen LogP contribution in [0, 0.1) is 23.7 Å². The summed E-state index contributed by atoms with van der Waals surface area (Å²) in [7, 11) is 5.41. The first-order valence-electron chi connectivity index (χ1n) is 18.2. The molecule has 3 fully saturated rings. The minimum absolute atomic E-state index is 0.171. The fraction of sp³-hybridized carbons (Fsp3) is 0.919. The van der Waals surface area contributed by atoms with E-state index in [1.54, 1.807) is 21.0 Å². The van der Waals surface area contributed by atoms with Gasteiger partial charge in [0.05, 0.1) is 41.9 Å². The molecule has 3 saturated heterocycles. The predicted octanol–water partition coefficient (Wildman–Crippen LogP) is 3.78. The lowest BCUT2D eigenvalue weighted by Gasteiger charge is -2.48. The highest BCUT2D eigenvalue weighted by molar-refractivity contribution is 5.73. The van der Waals surface area contributed by atoms with Gasteiger partial charge in [-0.1, -0.05) is 27.7 Å². The zero-order valence-electron chi connectivity index (χ0n) is 32.0. The summed E-state index contributed by atoms with van der Waals surface area (Å²) >= 11 is 0. The molecule has 12 nitrogen and oxygen atoms in total. The second-order valence-electron chi connectivity index (χ2n) is 16.1. The highest BCUT2D eigenvalue weighted by Gasteiger charge is 2.55. The summed E-state index contributed by atoms with van der Waals surface area (Å²) in [6.45, 7) is 19.1. The molecule has 0 saturated carbocycles. The van der Waals surface area contributed by atoms with Crippen molar-refractivity contribution in [1.29, 1.82) is 0 Å². The van der Waals surface area contributed by atoms with Crippen molar-refractivity contribution in [2.45, 2.75) is 174 Å². The van der Waals surface area contributed by atoms with Crippen molar-refractivity contribution in [2.75, 3.05) is 21.2 Å². The van der Waals surface area contributed by atoms with Crippen molar-refractivity contribution in [1.82, 2.24) is 4.90 Å². The van der Waals surface area contributed by atoms with Gasteiger partial charge in [-0.25, -0.2) is 0 Å². The van der Waals surface area contributed by atoms with Crippen LogP contribution in [-0.4, -0.2) is 126 Å². The predicted molar refractivity (Wildman–Crippen MR) is 182 cm³/mol. The molecule has 0 aromatic heterocycles. The van der Waals surface area contributed by atoms with Gasteiger partial charge in [0.1, 0.15) is 35.8 Å². The minimum Gasteiger partial charge on any atom is -0.488 e. The number of hydrogen-bond donors (Lipinski definition) is 3. The second kappa shape index (κ2) is 15.7. The Labute approximate surface area is 293 Å². The molecule has 0 amide bonds. The van der Waals surface area contributed by atoms with Gasteiger partial charge in [-0.05, 0) is 74.1 Å². The van der Waals surface area contributed by atoms with Gasteiger partial charge >= 0.3 is 5.97 Å². The number of carbonyl (C=O) groups is 1. The zero-order chi connectivity index (χ0) is 36.7. The molecule has 49 heavy (non-hydrogen) atoms. The van der Waals surface area contributed by atoms with Crippen LogP contribution in [-0.2, 0) is 38.0 Å². The Morgan fingerprint density at radius 2 is 1.69 bits per heavy atom. The molecule has 4 rings (SSSR count). The molecule has 4 aliphatic heterocycles. The Morgan fingerprint density at radius 3 is 2.29 bits per heavy atom. The van der Waals surface area contributed by atoms with E-state index in [1.807, 2.05) is 74.4 Å². The maximum absolute atomic E-state index is 14.2. The largest absolute Gasteiger partial charge is 0.488 e. The van der Waals surface area contributed by atoms with E-state index in [0.717, 1.165) is 5.57 Å². The average Bonchev–Trinajstić information content (AvgIpc) is 3.36. The van der Waals surface area contributed by atoms with Crippen molar-refractivity contribution < 1.29 is 53.3 Å². The number of aliphatic hydroxyl groups is 3. The van der Waals surface area contributed by atoms with Gasteiger partial charge in [-0.2, -0.15) is 0 Å². The first kappa shape index (κ1) is 40.4. The van der Waals surface area contributed by atoms with Crippen LogP contribution in [0.15, 0.2) is 11.3 Å². The van der Waals surface area contributed by atoms with Crippen molar-refractivity contribution in [3.8, 4) is 0 Å². The molecule has 0 aliphatic carbocycles. The highest BCUT2D eigenvalue weighted by Crippen LogP contribution is 2.47. The van der Waals surface area contributed by atoms with Crippen molar-refractivity contribution in [2.24, 2.45) is 23.7 Å². The standard InChI is InChI=1S/C37H65NO11/c1-14-26(39)20(4)30-21(5)29-18(2)16-37(10,49-29)33(48-35-28(40)25(38(11)12)15-19(3)44-35)22(6)31(23(7)34(42)47-30)46-27-17-36(9,43-13)32(41)24(8)45-27/h19-28,30-33,35,39-41H,14-17H2,1-13H3. The minimum atomic E-state index is -0.968. The Bertz CT molecular complexity index is 1170. The van der Waals surface area contributed by atoms with Gasteiger partial charge in [0.25, 0.3) is 0 Å². The highest BCUT2D eigenvalue weighted by atomic mass is 16.7. The number of methoxy groups -OCH3 is 1. The summed E-state index contributed by atoms with van der Waals surface area (Å²) in [6.07, 6.45) is -5.41. The third-order valence-electron chi connectivity index (χ3n) is 11.9. The number of aliphatic hydroxyl groups excluding tert-OH is 3. The number of carbonyl (C=O) groups excluding carboxylic acids is 1. The monoisotopic (exact) mass is 699 g/mol. The van der Waals surface area contributed by atoms with Gasteiger partial charge in [0.2, 0.25) is 0 Å². The Balaban J connectivity index is 1.81. The van der Waals surface area contributed by atoms with E-state index < -0.39 is 84.3 Å². The van der Waals surface area contributed by atoms with E-state index in [1.165, 1.54) is 0 Å². The zero-order valence-corrected chi connectivity index (χ0v) is 32.0. The van der Waals surface area contributed by atoms with Gasteiger partial charge in [0.15, 0.2) is 12.6 Å². The van der Waals surface area contributed by atoms with E-state index in [2.05, 4.69) is 0 Å². The molecule has 17 atom stereocenters. The number of ether oxygens (including phenoxy) is 7. The Hall–Kier alpha value is -1.35. The molecule has 4 heterocycles. The van der Waals surface area contributed by atoms with Crippen LogP contribution in [0.25, 0.3) is 0 Å². The van der Waals surface area contributed by atoms with Gasteiger partial charge in [-0.3, -0.25) is 4.79 Å². The maximum atomic E-state index is 14.2. The summed E-state index contributed by atoms with van der Waals surface area (Å²) < 4.78 is 45.2. The molecular weight excluding hydrogens is 634 g/mol. The van der Waals surface area contributed by atoms with E-state index in [9.17, 15) is 20.1 Å². The molecule has 0 spiro atoms. The lowest BCUT2D eigenvalue weighted by Crippen LogP contribution is -2.60. The van der Waals surface area contributed by atoms with Crippen LogP contribution in [0.2, 0.25) is 0 Å². The first-order valence-corrected chi connectivity index (χ1v) is 18.2. The van der Waals surface area contributed by atoms with Crippen molar-refractivity contribution in [3.63, 3.8) is 0 Å². The van der Waals surface area contributed by atoms with E-state index in [-0.39, 0.29) is 30.4 Å². The molecule has 284 valence electrons. The summed E-state index contributed by atoms with van der Waals surface area (Å²) in [5.74, 6) is -1.82. The van der Waals surface area contributed by atoms with Crippen LogP contribution < -0.4 is 0 Å². The SMILES string of the molecule is CCC(O)C(C)C1OC(=O)C(C)C(OC2CC(C)(OC)C(O)C(C)O2)C(C)C(OC2OC(C)CC(N(C)C)C2O)C2(C)CC(C)=C(O2)C1C. The van der Waals surface area contributed by atoms with Gasteiger partial charge in [0, 0.05) is 37.8 Å². The molecule has 17 unspecified atom stereocenters. The number of hydrogen-bond acceptors (Lipinski definition) is 12. The lowest BCUT2D eigenvalue weighted by molar-refractivity contribution is -0.316. The summed E-state index contributed by atoms with van der Waals surface area (Å²) in [5.41, 5.74) is -0.882. The van der Waals surface area contributed by atoms with Crippen LogP contribution >= 0.6 is 0 Å². The summed E-state index contributed by atoms with van der Waals surface area (Å²) in [5, 5.41) is 33.4. The van der Waals surface area contributed by atoms with Gasteiger partial charge < -0.3 is 53.4 Å². The molecule has 0 radical (unpaired) electrons. The van der Waals surface area contributed by atoms with E-state index in [4.69, 9.17) is 33.2 Å². The number of rotatable bonds is 9. The second-order valence-corrected chi connectivity index (χ2v) is 16.1. The lowest BCUT2D eigenvalue weighted by atomic mass is 9.79. The number of cyclic esters (lactones) is 1. The molecule has 0 aromatic rings. The molecule has 4 aliphatic rings. The summed E-state index contributed by atoms with van der Waals surface area (Å²) in [4.78, 5) is 16.2. The van der Waals surface area contributed by atoms with Crippen LogP contribution in [0.5, 0.6) is 0 Å². The first-order chi connectivity index (χ1) is 22.8. The normalized spacial score (nSPS) is 46.6. The molecule has 3 N–H and O–H groups in total. The number of fused-ring (bicyclic) bond motifs is 2. The van der Waals surface area contributed by atoms with Crippen LogP contribution in [0.1, 0.15) is 94.9 Å². The fourth-order valence-corrected chi connectivity index (χ4v) is 8.67. The Kier molecular flexibility index (Phi) is 13.0. The Morgan fingerprint density at radius 1 is 1.04 bits per heavy atom. The quantitative estimate of drug-likeness (QED) is 0.301. The summed E-state index contributed by atoms with van der Waals surface area (Å²) in [6, 6.07) is -0.192. The number of esters is 1. The molecule has 12 heteroatoms. The topological polar surface area (TPSA) is 146 Å². The van der Waals surface area contributed by atoms with E-state index >= 15 is 0 Å². The third kappa shape index (κ3) is 8.18. The maximum Gasteiger partial charge on any atom is 0.311 e. The fourth-order valence-electron chi connectivity index (χ4n) is 8.67. The average molecular weight is 700 g/mol. The smallest absolute Gasteiger partial charge is 0.311 e.